The van der Waals surface area contributed by atoms with E-state index in [9.17, 15) is 18.0 Å². The number of amides is 2. The molecule has 1 fully saturated rings. The Labute approximate surface area is 271 Å². The number of hydrogen-bond acceptors (Lipinski definition) is 4. The number of hydrogen-bond donors (Lipinski definition) is 1. The van der Waals surface area contributed by atoms with Gasteiger partial charge in [-0.05, 0) is 73.7 Å². The molecule has 0 bridgehead atoms. The van der Waals surface area contributed by atoms with Crippen LogP contribution in [-0.4, -0.2) is 43.8 Å². The number of nitrogens with zero attached hydrogens (tertiary/aromatic N) is 2. The average molecular weight is 642 g/mol. The molecule has 0 aromatic heterocycles. The molecule has 4 aromatic carbocycles. The van der Waals surface area contributed by atoms with E-state index in [-0.39, 0.29) is 35.4 Å². The average Bonchev–Trinajstić information content (AvgIpc) is 3.57. The third kappa shape index (κ3) is 7.83. The summed E-state index contributed by atoms with van der Waals surface area (Å²) in [4.78, 5) is 30.0. The predicted molar refractivity (Wildman–Crippen MR) is 178 cm³/mol. The molecule has 240 valence electrons. The largest absolute Gasteiger partial charge is 0.352 e. The molecule has 0 heterocycles. The molecule has 1 aliphatic carbocycles. The zero-order valence-electron chi connectivity index (χ0n) is 26.2. The van der Waals surface area contributed by atoms with Gasteiger partial charge in [-0.1, -0.05) is 85.6 Å². The van der Waals surface area contributed by atoms with Gasteiger partial charge in [-0.3, -0.25) is 13.9 Å². The molecule has 9 heteroatoms. The maximum atomic E-state index is 15.1. The number of aryl methyl sites for hydroxylation is 2. The molecular weight excluding hydrogens is 601 g/mol. The Morgan fingerprint density at radius 1 is 0.848 bits per heavy atom. The lowest BCUT2D eigenvalue weighted by Crippen LogP contribution is -2.54. The highest BCUT2D eigenvalue weighted by molar-refractivity contribution is 7.92. The van der Waals surface area contributed by atoms with Gasteiger partial charge in [0.2, 0.25) is 11.8 Å². The molecule has 1 saturated carbocycles. The van der Waals surface area contributed by atoms with Crippen LogP contribution >= 0.6 is 0 Å². The Kier molecular flexibility index (Phi) is 10.5. The minimum absolute atomic E-state index is 0.0123. The van der Waals surface area contributed by atoms with E-state index >= 15 is 4.39 Å². The highest BCUT2D eigenvalue weighted by Gasteiger charge is 2.36. The number of rotatable bonds is 12. The summed E-state index contributed by atoms with van der Waals surface area (Å²) >= 11 is 0. The zero-order valence-corrected chi connectivity index (χ0v) is 27.0. The maximum absolute atomic E-state index is 15.1. The number of carbonyl (C=O) groups is 2. The van der Waals surface area contributed by atoms with Gasteiger partial charge < -0.3 is 10.2 Å². The smallest absolute Gasteiger partial charge is 0.264 e. The first-order valence-corrected chi connectivity index (χ1v) is 17.1. The van der Waals surface area contributed by atoms with Crippen LogP contribution in [-0.2, 0) is 32.6 Å². The summed E-state index contributed by atoms with van der Waals surface area (Å²) in [6.45, 7) is 3.00. The van der Waals surface area contributed by atoms with E-state index < -0.39 is 34.3 Å². The molecule has 5 rings (SSSR count). The molecule has 0 saturated heterocycles. The maximum Gasteiger partial charge on any atom is 0.264 e. The molecular formula is C37H40FN3O4S. The van der Waals surface area contributed by atoms with E-state index in [4.69, 9.17) is 0 Å². The second kappa shape index (κ2) is 14.7. The molecule has 7 nitrogen and oxygen atoms in total. The lowest BCUT2D eigenvalue weighted by Gasteiger charge is -2.34. The fraction of sp³-hybridized carbons (Fsp3) is 0.297. The zero-order chi connectivity index (χ0) is 32.7. The molecule has 46 heavy (non-hydrogen) atoms. The van der Waals surface area contributed by atoms with E-state index in [1.54, 1.807) is 48.5 Å². The molecule has 1 atom stereocenters. The van der Waals surface area contributed by atoms with Crippen LogP contribution in [0.2, 0.25) is 0 Å². The third-order valence-corrected chi connectivity index (χ3v) is 10.4. The fourth-order valence-electron chi connectivity index (χ4n) is 5.86. The van der Waals surface area contributed by atoms with Gasteiger partial charge in [-0.15, -0.1) is 0 Å². The molecule has 0 radical (unpaired) electrons. The second-order valence-corrected chi connectivity index (χ2v) is 13.8. The van der Waals surface area contributed by atoms with Gasteiger partial charge in [0.05, 0.1) is 10.6 Å². The Morgan fingerprint density at radius 3 is 2.13 bits per heavy atom. The van der Waals surface area contributed by atoms with Crippen molar-refractivity contribution in [2.45, 2.75) is 69.5 Å². The first-order valence-electron chi connectivity index (χ1n) is 15.7. The number of anilines is 1. The predicted octanol–water partition coefficient (Wildman–Crippen LogP) is 6.34. The Balaban J connectivity index is 1.58. The summed E-state index contributed by atoms with van der Waals surface area (Å²) in [5.74, 6) is -1.48. The standard InChI is InChI=1S/C37H40FN3O4S/c1-27-21-22-32(23-28(27)2)41(46(44,45)33-18-7-4-8-19-33)26-36(42)40(25-30-15-9-12-20-34(30)38)35(24-29-13-5-3-6-14-29)37(43)39-31-16-10-11-17-31/h3-9,12-15,18-23,31,35H,10-11,16-17,24-26H2,1-2H3,(H,39,43). The minimum atomic E-state index is -4.21. The molecule has 0 aliphatic heterocycles. The molecule has 1 aliphatic rings. The van der Waals surface area contributed by atoms with Crippen LogP contribution in [0.25, 0.3) is 0 Å². The second-order valence-electron chi connectivity index (χ2n) is 11.9. The summed E-state index contributed by atoms with van der Waals surface area (Å²) in [7, 11) is -4.21. The SMILES string of the molecule is Cc1ccc(N(CC(=O)N(Cc2ccccc2F)C(Cc2ccccc2)C(=O)NC2CCCC2)S(=O)(=O)c2ccccc2)cc1C. The summed E-state index contributed by atoms with van der Waals surface area (Å²) < 4.78 is 44.5. The van der Waals surface area contributed by atoms with Crippen LogP contribution in [0.4, 0.5) is 10.1 Å². The van der Waals surface area contributed by atoms with Gasteiger partial charge >= 0.3 is 0 Å². The van der Waals surface area contributed by atoms with Gasteiger partial charge in [0.15, 0.2) is 0 Å². The lowest BCUT2D eigenvalue weighted by atomic mass is 10.0. The number of halogens is 1. The monoisotopic (exact) mass is 641 g/mol. The number of sulfonamides is 1. The normalized spacial score (nSPS) is 14.1. The summed E-state index contributed by atoms with van der Waals surface area (Å²) in [6, 6.07) is 27.6. The highest BCUT2D eigenvalue weighted by atomic mass is 32.2. The van der Waals surface area contributed by atoms with Crippen LogP contribution < -0.4 is 9.62 Å². The van der Waals surface area contributed by atoms with Crippen molar-refractivity contribution in [2.24, 2.45) is 0 Å². The van der Waals surface area contributed by atoms with Gasteiger partial charge in [0.1, 0.15) is 18.4 Å². The summed E-state index contributed by atoms with van der Waals surface area (Å²) in [5, 5.41) is 3.13. The van der Waals surface area contributed by atoms with Crippen molar-refractivity contribution >= 4 is 27.5 Å². The quantitative estimate of drug-likeness (QED) is 0.196. The van der Waals surface area contributed by atoms with E-state index in [2.05, 4.69) is 5.32 Å². The van der Waals surface area contributed by atoms with Crippen molar-refractivity contribution in [3.05, 3.63) is 131 Å². The Bertz CT molecular complexity index is 1760. The first kappa shape index (κ1) is 32.9. The van der Waals surface area contributed by atoms with Crippen molar-refractivity contribution in [2.75, 3.05) is 10.8 Å². The van der Waals surface area contributed by atoms with E-state index in [1.807, 2.05) is 50.2 Å². The van der Waals surface area contributed by atoms with Gasteiger partial charge in [0.25, 0.3) is 10.0 Å². The molecule has 1 unspecified atom stereocenters. The Hall–Kier alpha value is -4.50. The third-order valence-electron chi connectivity index (χ3n) is 8.66. The van der Waals surface area contributed by atoms with E-state index in [0.29, 0.717) is 5.69 Å². The molecule has 2 amide bonds. The van der Waals surface area contributed by atoms with Crippen molar-refractivity contribution in [1.29, 1.82) is 0 Å². The summed E-state index contributed by atoms with van der Waals surface area (Å²) in [5.41, 5.74) is 3.20. The summed E-state index contributed by atoms with van der Waals surface area (Å²) in [6.07, 6.45) is 3.89. The van der Waals surface area contributed by atoms with Crippen LogP contribution in [0.15, 0.2) is 108 Å². The van der Waals surface area contributed by atoms with Crippen LogP contribution in [0.5, 0.6) is 0 Å². The minimum Gasteiger partial charge on any atom is -0.352 e. The number of benzene rings is 4. The van der Waals surface area contributed by atoms with Gasteiger partial charge in [-0.25, -0.2) is 12.8 Å². The van der Waals surface area contributed by atoms with Gasteiger partial charge in [-0.2, -0.15) is 0 Å². The van der Waals surface area contributed by atoms with Crippen molar-refractivity contribution in [3.63, 3.8) is 0 Å². The van der Waals surface area contributed by atoms with Gasteiger partial charge in [0, 0.05) is 24.6 Å². The lowest BCUT2D eigenvalue weighted by molar-refractivity contribution is -0.140. The highest BCUT2D eigenvalue weighted by Crippen LogP contribution is 2.27. The molecule has 4 aromatic rings. The van der Waals surface area contributed by atoms with Crippen LogP contribution in [0.3, 0.4) is 0 Å². The van der Waals surface area contributed by atoms with Crippen LogP contribution in [0, 0.1) is 19.7 Å². The van der Waals surface area contributed by atoms with Crippen LogP contribution in [0.1, 0.15) is 47.9 Å². The molecule has 0 spiro atoms. The number of carbonyl (C=O) groups excluding carboxylic acids is 2. The first-order chi connectivity index (χ1) is 22.1. The van der Waals surface area contributed by atoms with Crippen molar-refractivity contribution in [3.8, 4) is 0 Å². The topological polar surface area (TPSA) is 86.8 Å². The van der Waals surface area contributed by atoms with E-state index in [1.165, 1.54) is 23.1 Å². The Morgan fingerprint density at radius 2 is 1.48 bits per heavy atom. The fourth-order valence-corrected chi connectivity index (χ4v) is 7.29. The van der Waals surface area contributed by atoms with Crippen molar-refractivity contribution < 1.29 is 22.4 Å². The molecule has 1 N–H and O–H groups in total. The number of nitrogens with one attached hydrogen (secondary N) is 1. The van der Waals surface area contributed by atoms with Crippen molar-refractivity contribution in [1.82, 2.24) is 10.2 Å². The van der Waals surface area contributed by atoms with E-state index in [0.717, 1.165) is 46.7 Å².